The predicted molar refractivity (Wildman–Crippen MR) is 85.8 cm³/mol. The van der Waals surface area contributed by atoms with E-state index in [1.165, 1.54) is 25.6 Å². The Balaban J connectivity index is 1.57. The molecule has 2 amide bonds. The lowest BCUT2D eigenvalue weighted by Gasteiger charge is -2.57. The maximum Gasteiger partial charge on any atom is 0.315 e. The van der Waals surface area contributed by atoms with Gasteiger partial charge in [-0.3, -0.25) is 5.10 Å². The zero-order chi connectivity index (χ0) is 16.3. The normalized spacial score (nSPS) is 27.2. The van der Waals surface area contributed by atoms with Gasteiger partial charge >= 0.3 is 6.03 Å². The zero-order valence-corrected chi connectivity index (χ0v) is 14.0. The van der Waals surface area contributed by atoms with Crippen LogP contribution in [0.3, 0.4) is 0 Å². The van der Waals surface area contributed by atoms with Gasteiger partial charge in [-0.1, -0.05) is 19.3 Å². The number of amides is 2. The van der Waals surface area contributed by atoms with Gasteiger partial charge in [0.2, 0.25) is 0 Å². The number of hydrogen-bond donors (Lipinski definition) is 3. The van der Waals surface area contributed by atoms with Crippen LogP contribution in [0, 0.1) is 5.41 Å². The molecule has 0 aromatic carbocycles. The van der Waals surface area contributed by atoms with Gasteiger partial charge in [0, 0.05) is 18.1 Å². The minimum Gasteiger partial charge on any atom is -0.378 e. The summed E-state index contributed by atoms with van der Waals surface area (Å²) in [5, 5.41) is 12.7. The van der Waals surface area contributed by atoms with E-state index >= 15 is 0 Å². The zero-order valence-electron chi connectivity index (χ0n) is 14.0. The Morgan fingerprint density at radius 2 is 2.26 bits per heavy atom. The minimum absolute atomic E-state index is 0.140. The Bertz CT molecular complexity index is 513. The van der Waals surface area contributed by atoms with Crippen LogP contribution in [0.2, 0.25) is 0 Å². The van der Waals surface area contributed by atoms with Gasteiger partial charge in [0.15, 0.2) is 0 Å². The Kier molecular flexibility index (Phi) is 4.84. The monoisotopic (exact) mass is 321 g/mol. The lowest BCUT2D eigenvalue weighted by Crippen LogP contribution is -2.66. The maximum atomic E-state index is 12.3. The van der Waals surface area contributed by atoms with Gasteiger partial charge in [0.25, 0.3) is 0 Å². The molecule has 1 aromatic heterocycles. The first-order chi connectivity index (χ1) is 11.2. The minimum atomic E-state index is -0.192. The molecule has 3 N–H and O–H groups in total. The van der Waals surface area contributed by atoms with Crippen molar-refractivity contribution in [1.29, 1.82) is 0 Å². The average Bonchev–Trinajstić information content (AvgIpc) is 3.09. The van der Waals surface area contributed by atoms with Gasteiger partial charge in [0.1, 0.15) is 12.2 Å². The Labute approximate surface area is 137 Å². The molecule has 1 spiro atoms. The second-order valence-corrected chi connectivity index (χ2v) is 6.74. The van der Waals surface area contributed by atoms with E-state index in [1.54, 1.807) is 0 Å². The molecule has 2 aliphatic carbocycles. The van der Waals surface area contributed by atoms with E-state index in [4.69, 9.17) is 4.74 Å². The van der Waals surface area contributed by atoms with E-state index in [0.29, 0.717) is 11.9 Å². The number of urea groups is 1. The van der Waals surface area contributed by atoms with Crippen molar-refractivity contribution < 1.29 is 9.53 Å². The van der Waals surface area contributed by atoms with Crippen molar-refractivity contribution in [2.45, 2.75) is 70.6 Å². The largest absolute Gasteiger partial charge is 0.378 e. The summed E-state index contributed by atoms with van der Waals surface area (Å²) in [6, 6.07) is -0.123. The van der Waals surface area contributed by atoms with Crippen LogP contribution in [-0.4, -0.2) is 40.0 Å². The van der Waals surface area contributed by atoms with Crippen LogP contribution in [0.1, 0.15) is 64.2 Å². The molecule has 23 heavy (non-hydrogen) atoms. The van der Waals surface area contributed by atoms with Gasteiger partial charge < -0.3 is 15.4 Å². The summed E-state index contributed by atoms with van der Waals surface area (Å²) >= 11 is 0. The van der Waals surface area contributed by atoms with E-state index in [0.717, 1.165) is 25.9 Å². The van der Waals surface area contributed by atoms with Crippen molar-refractivity contribution >= 4 is 6.03 Å². The van der Waals surface area contributed by atoms with E-state index in [-0.39, 0.29) is 23.5 Å². The lowest BCUT2D eigenvalue weighted by molar-refractivity contribution is -0.146. The second-order valence-electron chi connectivity index (χ2n) is 6.74. The Morgan fingerprint density at radius 1 is 1.48 bits per heavy atom. The maximum absolute atomic E-state index is 12.3. The number of aromatic nitrogens is 3. The summed E-state index contributed by atoms with van der Waals surface area (Å²) in [5.74, 6) is 0.660. The first kappa shape index (κ1) is 16.2. The van der Waals surface area contributed by atoms with Gasteiger partial charge in [-0.05, 0) is 33.1 Å². The molecule has 2 aliphatic rings. The van der Waals surface area contributed by atoms with Crippen molar-refractivity contribution in [1.82, 2.24) is 25.8 Å². The van der Waals surface area contributed by atoms with Crippen LogP contribution < -0.4 is 10.6 Å². The molecule has 0 aliphatic heterocycles. The number of H-pyrrole nitrogens is 1. The van der Waals surface area contributed by atoms with Gasteiger partial charge in [0.05, 0.1) is 12.1 Å². The van der Waals surface area contributed by atoms with Crippen LogP contribution in [0.25, 0.3) is 0 Å². The summed E-state index contributed by atoms with van der Waals surface area (Å²) in [6.45, 7) is 4.68. The summed E-state index contributed by atoms with van der Waals surface area (Å²) in [7, 11) is 0. The fourth-order valence-corrected chi connectivity index (χ4v) is 4.15. The van der Waals surface area contributed by atoms with E-state index < -0.39 is 0 Å². The molecule has 1 aromatic rings. The van der Waals surface area contributed by atoms with Crippen molar-refractivity contribution in [2.75, 3.05) is 6.61 Å². The average molecular weight is 321 g/mol. The number of carbonyl (C=O) groups is 1. The third kappa shape index (κ3) is 3.20. The molecular formula is C16H27N5O2. The highest BCUT2D eigenvalue weighted by Gasteiger charge is 2.56. The molecule has 1 heterocycles. The van der Waals surface area contributed by atoms with E-state index in [2.05, 4.69) is 25.8 Å². The van der Waals surface area contributed by atoms with Crippen molar-refractivity contribution in [2.24, 2.45) is 5.41 Å². The third-order valence-corrected chi connectivity index (χ3v) is 5.43. The molecular weight excluding hydrogens is 294 g/mol. The highest BCUT2D eigenvalue weighted by atomic mass is 16.5. The van der Waals surface area contributed by atoms with Gasteiger partial charge in [-0.25, -0.2) is 9.78 Å². The molecule has 0 saturated heterocycles. The number of carbonyl (C=O) groups excluding carboxylic acids is 1. The molecule has 2 fully saturated rings. The number of aromatic amines is 1. The van der Waals surface area contributed by atoms with E-state index in [1.807, 2.05) is 13.8 Å². The standard InChI is InChI=1S/C16H27N5O2/c1-3-23-13-9-12(16(13)7-5-4-6-8-16)20-15(22)19-11(2)14-17-10-18-21-14/h10-13H,3-9H2,1-2H3,(H,17,18,21)(H2,19,20,22)/t11-,12-,13+/m0/s1. The van der Waals surface area contributed by atoms with Crippen molar-refractivity contribution in [3.05, 3.63) is 12.2 Å². The number of ether oxygens (including phenoxy) is 1. The fourth-order valence-electron chi connectivity index (χ4n) is 4.15. The number of nitrogens with zero attached hydrogens (tertiary/aromatic N) is 2. The van der Waals surface area contributed by atoms with Crippen molar-refractivity contribution in [3.63, 3.8) is 0 Å². The smallest absolute Gasteiger partial charge is 0.315 e. The Hall–Kier alpha value is -1.63. The fraction of sp³-hybridized carbons (Fsp3) is 0.812. The van der Waals surface area contributed by atoms with E-state index in [9.17, 15) is 4.79 Å². The molecule has 2 saturated carbocycles. The highest BCUT2D eigenvalue weighted by Crippen LogP contribution is 2.53. The molecule has 7 nitrogen and oxygen atoms in total. The van der Waals surface area contributed by atoms with Gasteiger partial charge in [-0.2, -0.15) is 5.10 Å². The summed E-state index contributed by atoms with van der Waals surface area (Å²) in [6.07, 6.45) is 8.72. The predicted octanol–water partition coefficient (Wildman–Crippen LogP) is 2.29. The van der Waals surface area contributed by atoms with Crippen LogP contribution in [0.15, 0.2) is 6.33 Å². The Morgan fingerprint density at radius 3 is 2.91 bits per heavy atom. The molecule has 3 rings (SSSR count). The molecule has 7 heteroatoms. The number of hydrogen-bond acceptors (Lipinski definition) is 4. The molecule has 0 radical (unpaired) electrons. The number of rotatable bonds is 5. The molecule has 0 unspecified atom stereocenters. The molecule has 0 bridgehead atoms. The highest BCUT2D eigenvalue weighted by molar-refractivity contribution is 5.75. The third-order valence-electron chi connectivity index (χ3n) is 5.43. The van der Waals surface area contributed by atoms with Crippen LogP contribution >= 0.6 is 0 Å². The summed E-state index contributed by atoms with van der Waals surface area (Å²) < 4.78 is 5.93. The topological polar surface area (TPSA) is 91.9 Å². The lowest BCUT2D eigenvalue weighted by atomic mass is 9.55. The summed E-state index contributed by atoms with van der Waals surface area (Å²) in [5.41, 5.74) is 0.140. The first-order valence-electron chi connectivity index (χ1n) is 8.69. The van der Waals surface area contributed by atoms with Crippen LogP contribution in [-0.2, 0) is 4.74 Å². The number of nitrogens with one attached hydrogen (secondary N) is 3. The quantitative estimate of drug-likeness (QED) is 0.776. The first-order valence-corrected chi connectivity index (χ1v) is 8.69. The second kappa shape index (κ2) is 6.86. The summed E-state index contributed by atoms with van der Waals surface area (Å²) in [4.78, 5) is 16.4. The van der Waals surface area contributed by atoms with Crippen LogP contribution in [0.4, 0.5) is 4.79 Å². The van der Waals surface area contributed by atoms with Crippen molar-refractivity contribution in [3.8, 4) is 0 Å². The molecule has 3 atom stereocenters. The van der Waals surface area contributed by atoms with Gasteiger partial charge in [-0.15, -0.1) is 0 Å². The molecule has 128 valence electrons. The SMILES string of the molecule is CCO[C@@H]1C[C@H](NC(=O)N[C@@H](C)c2ncn[nH]2)C12CCCCC2. The van der Waals surface area contributed by atoms with Crippen LogP contribution in [0.5, 0.6) is 0 Å².